The average Bonchev–Trinajstić information content (AvgIpc) is 2.46. The largest absolute Gasteiger partial charge is 0.396 e. The molecule has 0 saturated heterocycles. The van der Waals surface area contributed by atoms with E-state index in [2.05, 4.69) is 14.9 Å². The van der Waals surface area contributed by atoms with Crippen LogP contribution in [0.1, 0.15) is 17.8 Å². The Balaban J connectivity index is 2.77. The Labute approximate surface area is 88.8 Å². The molecule has 6 nitrogen and oxygen atoms in total. The van der Waals surface area contributed by atoms with Gasteiger partial charge in [0.05, 0.1) is 22.8 Å². The minimum atomic E-state index is -3.38. The number of aliphatic hydroxyl groups excluding tert-OH is 1. The third-order valence-corrected chi connectivity index (χ3v) is 3.30. The highest BCUT2D eigenvalue weighted by Crippen LogP contribution is 2.17. The predicted octanol–water partition coefficient (Wildman–Crippen LogP) is 0.151. The Morgan fingerprint density at radius 3 is 2.60 bits per heavy atom. The lowest BCUT2D eigenvalue weighted by atomic mass is 10.3. The van der Waals surface area contributed by atoms with Crippen LogP contribution in [0.15, 0.2) is 0 Å². The van der Waals surface area contributed by atoms with Crippen LogP contribution in [0.5, 0.6) is 0 Å². The van der Waals surface area contributed by atoms with Crippen LogP contribution in [0.3, 0.4) is 0 Å². The molecule has 0 aliphatic carbocycles. The summed E-state index contributed by atoms with van der Waals surface area (Å²) in [6.45, 7) is 3.32. The zero-order chi connectivity index (χ0) is 11.5. The second-order valence-corrected chi connectivity index (χ2v) is 5.15. The number of hydrogen-bond acceptors (Lipinski definition) is 4. The summed E-state index contributed by atoms with van der Waals surface area (Å²) >= 11 is 0. The smallest absolute Gasteiger partial charge is 0.232 e. The molecule has 0 fully saturated rings. The summed E-state index contributed by atoms with van der Waals surface area (Å²) in [5.74, 6) is -0.0897. The van der Waals surface area contributed by atoms with Crippen LogP contribution in [-0.2, 0) is 10.0 Å². The van der Waals surface area contributed by atoms with E-state index < -0.39 is 10.0 Å². The van der Waals surface area contributed by atoms with E-state index in [1.165, 1.54) is 0 Å². The number of rotatable bonds is 5. The molecule has 0 radical (unpaired) electrons. The number of aromatic amines is 1. The number of H-pyrrole nitrogens is 1. The van der Waals surface area contributed by atoms with Crippen molar-refractivity contribution in [1.82, 2.24) is 10.2 Å². The molecule has 0 spiro atoms. The second-order valence-electron chi connectivity index (χ2n) is 3.31. The van der Waals surface area contributed by atoms with Crippen molar-refractivity contribution >= 4 is 15.7 Å². The fourth-order valence-electron chi connectivity index (χ4n) is 1.16. The molecule has 0 bridgehead atoms. The van der Waals surface area contributed by atoms with Crippen molar-refractivity contribution in [3.63, 3.8) is 0 Å². The molecule has 0 aliphatic heterocycles. The molecular formula is C8H15N3O3S. The van der Waals surface area contributed by atoms with Crippen molar-refractivity contribution < 1.29 is 13.5 Å². The molecule has 1 aromatic heterocycles. The Morgan fingerprint density at radius 2 is 2.13 bits per heavy atom. The van der Waals surface area contributed by atoms with Crippen molar-refractivity contribution in [2.24, 2.45) is 0 Å². The maximum absolute atomic E-state index is 11.5. The zero-order valence-electron chi connectivity index (χ0n) is 8.74. The van der Waals surface area contributed by atoms with Crippen LogP contribution in [0.25, 0.3) is 0 Å². The first-order valence-electron chi connectivity index (χ1n) is 4.59. The van der Waals surface area contributed by atoms with Gasteiger partial charge in [-0.05, 0) is 20.3 Å². The molecule has 0 unspecified atom stereocenters. The van der Waals surface area contributed by atoms with Gasteiger partial charge in [-0.1, -0.05) is 0 Å². The number of nitrogens with one attached hydrogen (secondary N) is 2. The molecule has 0 saturated carbocycles. The quantitative estimate of drug-likeness (QED) is 0.674. The van der Waals surface area contributed by atoms with E-state index in [1.807, 2.05) is 0 Å². The normalized spacial score (nSPS) is 11.7. The Kier molecular flexibility index (Phi) is 3.70. The maximum Gasteiger partial charge on any atom is 0.232 e. The van der Waals surface area contributed by atoms with Gasteiger partial charge in [0.1, 0.15) is 0 Å². The molecule has 0 atom stereocenters. The number of sulfonamides is 1. The summed E-state index contributed by atoms with van der Waals surface area (Å²) in [5, 5.41) is 15.1. The van der Waals surface area contributed by atoms with Gasteiger partial charge in [0, 0.05) is 6.61 Å². The minimum Gasteiger partial charge on any atom is -0.396 e. The van der Waals surface area contributed by atoms with E-state index in [-0.39, 0.29) is 18.8 Å². The number of aliphatic hydroxyl groups is 1. The fourth-order valence-corrected chi connectivity index (χ4v) is 2.39. The first-order chi connectivity index (χ1) is 6.96. The third kappa shape index (κ3) is 3.21. The molecule has 0 amide bonds. The predicted molar refractivity (Wildman–Crippen MR) is 57.2 cm³/mol. The molecule has 1 heterocycles. The lowest BCUT2D eigenvalue weighted by Crippen LogP contribution is -2.18. The SMILES string of the molecule is Cc1n[nH]c(C)c1NS(=O)(=O)CCCO. The van der Waals surface area contributed by atoms with Crippen LogP contribution >= 0.6 is 0 Å². The highest BCUT2D eigenvalue weighted by atomic mass is 32.2. The molecule has 86 valence electrons. The molecule has 1 rings (SSSR count). The summed E-state index contributed by atoms with van der Waals surface area (Å²) in [6, 6.07) is 0. The first kappa shape index (κ1) is 12.0. The van der Waals surface area contributed by atoms with Crippen molar-refractivity contribution in [2.45, 2.75) is 20.3 Å². The Bertz CT molecular complexity index is 405. The second kappa shape index (κ2) is 4.63. The van der Waals surface area contributed by atoms with E-state index in [9.17, 15) is 8.42 Å². The van der Waals surface area contributed by atoms with Gasteiger partial charge in [-0.25, -0.2) is 8.42 Å². The van der Waals surface area contributed by atoms with Crippen molar-refractivity contribution in [3.05, 3.63) is 11.4 Å². The van der Waals surface area contributed by atoms with Crippen LogP contribution in [0.4, 0.5) is 5.69 Å². The summed E-state index contributed by atoms with van der Waals surface area (Å²) in [7, 11) is -3.38. The van der Waals surface area contributed by atoms with Gasteiger partial charge in [-0.15, -0.1) is 0 Å². The number of anilines is 1. The van der Waals surface area contributed by atoms with E-state index >= 15 is 0 Å². The monoisotopic (exact) mass is 233 g/mol. The maximum atomic E-state index is 11.5. The van der Waals surface area contributed by atoms with E-state index in [1.54, 1.807) is 13.8 Å². The molecule has 1 aromatic rings. The molecule has 3 N–H and O–H groups in total. The third-order valence-electron chi connectivity index (χ3n) is 1.96. The summed E-state index contributed by atoms with van der Waals surface area (Å²) in [4.78, 5) is 0. The number of aromatic nitrogens is 2. The fraction of sp³-hybridized carbons (Fsp3) is 0.625. The Morgan fingerprint density at radius 1 is 1.47 bits per heavy atom. The van der Waals surface area contributed by atoms with Crippen LogP contribution in [0.2, 0.25) is 0 Å². The van der Waals surface area contributed by atoms with Gasteiger partial charge in [0.2, 0.25) is 10.0 Å². The van der Waals surface area contributed by atoms with Gasteiger partial charge in [0.25, 0.3) is 0 Å². The van der Waals surface area contributed by atoms with Gasteiger partial charge < -0.3 is 5.11 Å². The van der Waals surface area contributed by atoms with Crippen LogP contribution < -0.4 is 4.72 Å². The van der Waals surface area contributed by atoms with Gasteiger partial charge in [0.15, 0.2) is 0 Å². The molecule has 0 aromatic carbocycles. The van der Waals surface area contributed by atoms with Crippen molar-refractivity contribution in [1.29, 1.82) is 0 Å². The molecule has 15 heavy (non-hydrogen) atoms. The topological polar surface area (TPSA) is 95.1 Å². The molecule has 0 aliphatic rings. The first-order valence-corrected chi connectivity index (χ1v) is 6.24. The number of hydrogen-bond donors (Lipinski definition) is 3. The Hall–Kier alpha value is -1.08. The molecular weight excluding hydrogens is 218 g/mol. The standard InChI is InChI=1S/C8H15N3O3S/c1-6-8(7(2)10-9-6)11-15(13,14)5-3-4-12/h11-12H,3-5H2,1-2H3,(H,9,10). The highest BCUT2D eigenvalue weighted by Gasteiger charge is 2.14. The van der Waals surface area contributed by atoms with E-state index in [4.69, 9.17) is 5.11 Å². The van der Waals surface area contributed by atoms with Gasteiger partial charge >= 0.3 is 0 Å². The summed E-state index contributed by atoms with van der Waals surface area (Å²) < 4.78 is 25.4. The lowest BCUT2D eigenvalue weighted by molar-refractivity contribution is 0.295. The lowest BCUT2D eigenvalue weighted by Gasteiger charge is -2.06. The highest BCUT2D eigenvalue weighted by molar-refractivity contribution is 7.92. The number of aryl methyl sites for hydroxylation is 2. The van der Waals surface area contributed by atoms with Gasteiger partial charge in [-0.2, -0.15) is 5.10 Å². The molecule has 7 heteroatoms. The summed E-state index contributed by atoms with van der Waals surface area (Å²) in [6.07, 6.45) is 0.227. The number of nitrogens with zero attached hydrogens (tertiary/aromatic N) is 1. The van der Waals surface area contributed by atoms with E-state index in [0.717, 1.165) is 0 Å². The zero-order valence-corrected chi connectivity index (χ0v) is 9.56. The minimum absolute atomic E-state index is 0.0897. The van der Waals surface area contributed by atoms with Crippen molar-refractivity contribution in [2.75, 3.05) is 17.1 Å². The summed E-state index contributed by atoms with van der Waals surface area (Å²) in [5.41, 5.74) is 1.79. The van der Waals surface area contributed by atoms with Crippen LogP contribution in [-0.4, -0.2) is 36.1 Å². The van der Waals surface area contributed by atoms with Crippen LogP contribution in [0, 0.1) is 13.8 Å². The van der Waals surface area contributed by atoms with Crippen molar-refractivity contribution in [3.8, 4) is 0 Å². The van der Waals surface area contributed by atoms with Gasteiger partial charge in [-0.3, -0.25) is 9.82 Å². The van der Waals surface area contributed by atoms with E-state index in [0.29, 0.717) is 17.1 Å². The average molecular weight is 233 g/mol.